The minimum atomic E-state index is -0.366. The molecule has 0 N–H and O–H groups in total. The average molecular weight is 212 g/mol. The van der Waals surface area contributed by atoms with Crippen LogP contribution in [0.1, 0.15) is 0 Å². The maximum atomic E-state index is 5.50. The molecule has 0 bridgehead atoms. The van der Waals surface area contributed by atoms with Crippen molar-refractivity contribution in [3.8, 4) is 11.5 Å². The fraction of sp³-hybridized carbons (Fsp3) is 0.455. The van der Waals surface area contributed by atoms with Crippen molar-refractivity contribution in [3.63, 3.8) is 0 Å². The molecular weight excluding hydrogens is 196 g/mol. The van der Waals surface area contributed by atoms with Gasteiger partial charge in [-0.05, 0) is 12.1 Å². The van der Waals surface area contributed by atoms with Gasteiger partial charge in [-0.3, -0.25) is 0 Å². The normalized spacial score (nSPS) is 10.4. The van der Waals surface area contributed by atoms with Crippen molar-refractivity contribution in [1.29, 1.82) is 0 Å². The lowest BCUT2D eigenvalue weighted by molar-refractivity contribution is -0.122. The summed E-state index contributed by atoms with van der Waals surface area (Å²) >= 11 is 0. The van der Waals surface area contributed by atoms with E-state index in [0.29, 0.717) is 18.1 Å². The molecular formula is C11H16O4. The van der Waals surface area contributed by atoms with E-state index >= 15 is 0 Å². The molecule has 0 aliphatic heterocycles. The summed E-state index contributed by atoms with van der Waals surface area (Å²) in [7, 11) is 4.74. The summed E-state index contributed by atoms with van der Waals surface area (Å²) in [6, 6.07) is 7.44. The van der Waals surface area contributed by atoms with Crippen molar-refractivity contribution in [2.24, 2.45) is 0 Å². The molecule has 1 aromatic rings. The zero-order chi connectivity index (χ0) is 11.1. The molecule has 0 saturated carbocycles. The minimum absolute atomic E-state index is 0.327. The average Bonchev–Trinajstić information content (AvgIpc) is 2.31. The maximum Gasteiger partial charge on any atom is 0.191 e. The zero-order valence-corrected chi connectivity index (χ0v) is 9.23. The van der Waals surface area contributed by atoms with Crippen LogP contribution in [0.2, 0.25) is 0 Å². The van der Waals surface area contributed by atoms with Crippen molar-refractivity contribution in [2.75, 3.05) is 27.9 Å². The van der Waals surface area contributed by atoms with Crippen LogP contribution >= 0.6 is 0 Å². The predicted molar refractivity (Wildman–Crippen MR) is 56.3 cm³/mol. The molecule has 0 aliphatic carbocycles. The summed E-state index contributed by atoms with van der Waals surface area (Å²) in [5, 5.41) is 0. The van der Waals surface area contributed by atoms with E-state index in [-0.39, 0.29) is 6.29 Å². The summed E-state index contributed by atoms with van der Waals surface area (Å²) in [5.41, 5.74) is 0. The molecule has 84 valence electrons. The molecule has 0 aliphatic rings. The van der Waals surface area contributed by atoms with Gasteiger partial charge in [0.15, 0.2) is 17.8 Å². The number of hydrogen-bond donors (Lipinski definition) is 0. The second-order valence-electron chi connectivity index (χ2n) is 2.86. The van der Waals surface area contributed by atoms with Crippen molar-refractivity contribution >= 4 is 0 Å². The van der Waals surface area contributed by atoms with Crippen LogP contribution in [-0.4, -0.2) is 34.2 Å². The summed E-state index contributed by atoms with van der Waals surface area (Å²) in [6.45, 7) is 0.327. The highest BCUT2D eigenvalue weighted by Crippen LogP contribution is 2.25. The summed E-state index contributed by atoms with van der Waals surface area (Å²) in [5.74, 6) is 1.38. The van der Waals surface area contributed by atoms with Gasteiger partial charge in [0.1, 0.15) is 6.61 Å². The number of ether oxygens (including phenoxy) is 4. The van der Waals surface area contributed by atoms with E-state index in [4.69, 9.17) is 18.9 Å². The van der Waals surface area contributed by atoms with Gasteiger partial charge >= 0.3 is 0 Å². The second kappa shape index (κ2) is 6.27. The van der Waals surface area contributed by atoms with Crippen molar-refractivity contribution in [3.05, 3.63) is 24.3 Å². The molecule has 15 heavy (non-hydrogen) atoms. The molecule has 0 saturated heterocycles. The molecule has 0 amide bonds. The van der Waals surface area contributed by atoms with E-state index in [9.17, 15) is 0 Å². The molecule has 0 spiro atoms. The first-order chi connectivity index (χ1) is 7.31. The van der Waals surface area contributed by atoms with E-state index in [1.54, 1.807) is 21.3 Å². The Bertz CT molecular complexity index is 284. The van der Waals surface area contributed by atoms with Gasteiger partial charge in [-0.1, -0.05) is 12.1 Å². The van der Waals surface area contributed by atoms with Gasteiger partial charge in [-0.25, -0.2) is 0 Å². The topological polar surface area (TPSA) is 36.9 Å². The first kappa shape index (κ1) is 11.8. The Morgan fingerprint density at radius 3 is 2.13 bits per heavy atom. The first-order valence-corrected chi connectivity index (χ1v) is 4.63. The van der Waals surface area contributed by atoms with Gasteiger partial charge in [0.2, 0.25) is 0 Å². The van der Waals surface area contributed by atoms with Gasteiger partial charge in [0.05, 0.1) is 7.11 Å². The van der Waals surface area contributed by atoms with Crippen LogP contribution in [0.4, 0.5) is 0 Å². The SMILES string of the molecule is COc1ccccc1OCC(OC)OC. The maximum absolute atomic E-state index is 5.50. The van der Waals surface area contributed by atoms with Gasteiger partial charge in [-0.15, -0.1) is 0 Å². The van der Waals surface area contributed by atoms with Crippen molar-refractivity contribution in [2.45, 2.75) is 6.29 Å². The minimum Gasteiger partial charge on any atom is -0.493 e. The quantitative estimate of drug-likeness (QED) is 0.672. The van der Waals surface area contributed by atoms with E-state index in [2.05, 4.69) is 0 Å². The Balaban J connectivity index is 2.56. The molecule has 1 rings (SSSR count). The van der Waals surface area contributed by atoms with Crippen molar-refractivity contribution in [1.82, 2.24) is 0 Å². The first-order valence-electron chi connectivity index (χ1n) is 4.63. The molecule has 0 unspecified atom stereocenters. The molecule has 0 aromatic heterocycles. The Morgan fingerprint density at radius 1 is 1.00 bits per heavy atom. The van der Waals surface area contributed by atoms with Gasteiger partial charge in [0.25, 0.3) is 0 Å². The number of benzene rings is 1. The summed E-state index contributed by atoms with van der Waals surface area (Å²) in [6.07, 6.45) is -0.366. The summed E-state index contributed by atoms with van der Waals surface area (Å²) < 4.78 is 20.6. The fourth-order valence-corrected chi connectivity index (χ4v) is 1.13. The van der Waals surface area contributed by atoms with Crippen molar-refractivity contribution < 1.29 is 18.9 Å². The third-order valence-electron chi connectivity index (χ3n) is 1.97. The van der Waals surface area contributed by atoms with Crippen LogP contribution < -0.4 is 9.47 Å². The highest BCUT2D eigenvalue weighted by Gasteiger charge is 2.08. The Morgan fingerprint density at radius 2 is 1.60 bits per heavy atom. The third kappa shape index (κ3) is 3.42. The number of hydrogen-bond acceptors (Lipinski definition) is 4. The van der Waals surface area contributed by atoms with Crippen LogP contribution in [0.5, 0.6) is 11.5 Å². The molecule has 4 heteroatoms. The lowest BCUT2D eigenvalue weighted by Gasteiger charge is -2.15. The van der Waals surface area contributed by atoms with E-state index in [1.807, 2.05) is 24.3 Å². The Hall–Kier alpha value is -1.26. The largest absolute Gasteiger partial charge is 0.493 e. The smallest absolute Gasteiger partial charge is 0.191 e. The lowest BCUT2D eigenvalue weighted by atomic mass is 10.3. The number of para-hydroxylation sites is 2. The highest BCUT2D eigenvalue weighted by molar-refractivity contribution is 5.39. The van der Waals surface area contributed by atoms with Crippen LogP contribution in [0.25, 0.3) is 0 Å². The Kier molecular flexibility index (Phi) is 4.93. The molecule has 0 heterocycles. The van der Waals surface area contributed by atoms with Crippen LogP contribution in [-0.2, 0) is 9.47 Å². The number of rotatable bonds is 6. The molecule has 0 fully saturated rings. The number of methoxy groups -OCH3 is 3. The highest BCUT2D eigenvalue weighted by atomic mass is 16.7. The molecule has 0 radical (unpaired) electrons. The van der Waals surface area contributed by atoms with Crippen LogP contribution in [0, 0.1) is 0 Å². The van der Waals surface area contributed by atoms with E-state index in [1.165, 1.54) is 0 Å². The van der Waals surface area contributed by atoms with Crippen LogP contribution in [0.15, 0.2) is 24.3 Å². The van der Waals surface area contributed by atoms with E-state index in [0.717, 1.165) is 0 Å². The Labute approximate surface area is 89.7 Å². The monoisotopic (exact) mass is 212 g/mol. The van der Waals surface area contributed by atoms with Gasteiger partial charge < -0.3 is 18.9 Å². The fourth-order valence-electron chi connectivity index (χ4n) is 1.13. The molecule has 1 aromatic carbocycles. The standard InChI is InChI=1S/C11H16O4/c1-12-9-6-4-5-7-10(9)15-8-11(13-2)14-3/h4-7,11H,8H2,1-3H3. The van der Waals surface area contributed by atoms with Crippen LogP contribution in [0.3, 0.4) is 0 Å². The second-order valence-corrected chi connectivity index (χ2v) is 2.86. The molecule has 0 atom stereocenters. The molecule has 4 nitrogen and oxygen atoms in total. The summed E-state index contributed by atoms with van der Waals surface area (Å²) in [4.78, 5) is 0. The van der Waals surface area contributed by atoms with Gasteiger partial charge in [0, 0.05) is 14.2 Å². The van der Waals surface area contributed by atoms with Gasteiger partial charge in [-0.2, -0.15) is 0 Å². The van der Waals surface area contributed by atoms with E-state index < -0.39 is 0 Å². The zero-order valence-electron chi connectivity index (χ0n) is 9.23. The lowest BCUT2D eigenvalue weighted by Crippen LogP contribution is -2.22. The predicted octanol–water partition coefficient (Wildman–Crippen LogP) is 1.69. The third-order valence-corrected chi connectivity index (χ3v) is 1.97.